The van der Waals surface area contributed by atoms with Crippen molar-refractivity contribution in [3.05, 3.63) is 87.2 Å². The Hall–Kier alpha value is -4.07. The van der Waals surface area contributed by atoms with E-state index in [1.165, 1.54) is 31.0 Å². The van der Waals surface area contributed by atoms with Gasteiger partial charge in [-0.3, -0.25) is 20.5 Å². The molecule has 5 rings (SSSR count). The van der Waals surface area contributed by atoms with Crippen LogP contribution < -0.4 is 16.1 Å². The maximum atomic E-state index is 11.8. The first kappa shape index (κ1) is 41.4. The molecule has 0 spiro atoms. The molecule has 0 bridgehead atoms. The molecule has 4 unspecified atom stereocenters. The molecule has 1 aromatic heterocycles. The minimum atomic E-state index is -0.727. The predicted octanol–water partition coefficient (Wildman–Crippen LogP) is 6.19. The molecule has 1 saturated heterocycles. The highest BCUT2D eigenvalue weighted by atomic mass is 16.6. The Labute approximate surface area is 302 Å². The van der Waals surface area contributed by atoms with E-state index in [1.807, 2.05) is 38.1 Å². The number of carbonyl (C=O) groups excluding carboxylic acids is 2. The zero-order valence-electron chi connectivity index (χ0n) is 31.3. The second kappa shape index (κ2) is 19.5. The van der Waals surface area contributed by atoms with Crippen molar-refractivity contribution < 1.29 is 24.0 Å². The van der Waals surface area contributed by atoms with Gasteiger partial charge in [-0.25, -0.2) is 5.01 Å². The van der Waals surface area contributed by atoms with Crippen LogP contribution in [0.1, 0.15) is 87.4 Å². The Kier molecular flexibility index (Phi) is 15.8. The number of carbonyl (C=O) groups is 2. The van der Waals surface area contributed by atoms with E-state index in [0.717, 1.165) is 47.6 Å². The number of aldehydes is 1. The normalized spacial score (nSPS) is 18.4. The molecule has 278 valence electrons. The number of nitrogens with two attached hydrogens (primary N) is 1. The predicted molar refractivity (Wildman–Crippen MR) is 202 cm³/mol. The van der Waals surface area contributed by atoms with Crippen LogP contribution in [0.15, 0.2) is 54.7 Å². The molecule has 0 aliphatic carbocycles. The van der Waals surface area contributed by atoms with Crippen LogP contribution >= 0.6 is 0 Å². The van der Waals surface area contributed by atoms with Gasteiger partial charge in [-0.05, 0) is 91.0 Å². The Morgan fingerprint density at radius 1 is 1.14 bits per heavy atom. The minimum absolute atomic E-state index is 0.0175. The number of methoxy groups -OCH3 is 2. The number of non-ortho nitro benzene ring substituents is 1. The van der Waals surface area contributed by atoms with Crippen LogP contribution in [-0.2, 0) is 25.5 Å². The van der Waals surface area contributed by atoms with Gasteiger partial charge < -0.3 is 29.7 Å². The molecular formula is C39H56N6O6. The van der Waals surface area contributed by atoms with E-state index in [1.54, 1.807) is 20.3 Å². The van der Waals surface area contributed by atoms with Crippen molar-refractivity contribution in [1.29, 1.82) is 0 Å². The first-order valence-electron chi connectivity index (χ1n) is 17.5. The van der Waals surface area contributed by atoms with E-state index in [-0.39, 0.29) is 35.6 Å². The van der Waals surface area contributed by atoms with Crippen LogP contribution in [-0.4, -0.2) is 81.5 Å². The Morgan fingerprint density at radius 3 is 2.45 bits per heavy atom. The lowest BCUT2D eigenvalue weighted by Crippen LogP contribution is -2.39. The van der Waals surface area contributed by atoms with Crippen LogP contribution in [0.4, 0.5) is 11.4 Å². The number of hydrogen-bond donors (Lipinski definition) is 2. The minimum Gasteiger partial charge on any atom is -0.384 e. The van der Waals surface area contributed by atoms with Gasteiger partial charge in [-0.2, -0.15) is 0 Å². The van der Waals surface area contributed by atoms with Crippen LogP contribution in [0.3, 0.4) is 0 Å². The zero-order valence-corrected chi connectivity index (χ0v) is 31.3. The van der Waals surface area contributed by atoms with Gasteiger partial charge in [-0.15, -0.1) is 0 Å². The molecule has 0 radical (unpaired) electrons. The van der Waals surface area contributed by atoms with E-state index in [9.17, 15) is 14.9 Å². The number of nitrogens with zero attached hydrogens (tertiary/aromatic N) is 4. The number of nitro groups is 1. The number of rotatable bonds is 13. The molecule has 4 atom stereocenters. The molecule has 0 saturated carbocycles. The van der Waals surface area contributed by atoms with Crippen molar-refractivity contribution in [3.63, 3.8) is 0 Å². The van der Waals surface area contributed by atoms with Gasteiger partial charge in [-0.1, -0.05) is 32.0 Å². The summed E-state index contributed by atoms with van der Waals surface area (Å²) >= 11 is 0. The number of anilines is 1. The quantitative estimate of drug-likeness (QED) is 0.119. The lowest BCUT2D eigenvalue weighted by molar-refractivity contribution is -0.384. The van der Waals surface area contributed by atoms with Crippen LogP contribution in [0.5, 0.6) is 0 Å². The van der Waals surface area contributed by atoms with Gasteiger partial charge in [0, 0.05) is 70.8 Å². The molecule has 12 heteroatoms. The number of pyridine rings is 1. The third-order valence-electron chi connectivity index (χ3n) is 9.50. The lowest BCUT2D eigenvalue weighted by Gasteiger charge is -2.35. The molecule has 2 aromatic carbocycles. The molecule has 51 heavy (non-hydrogen) atoms. The second-order valence-corrected chi connectivity index (χ2v) is 14.0. The highest BCUT2D eigenvalue weighted by Crippen LogP contribution is 2.54. The van der Waals surface area contributed by atoms with E-state index < -0.39 is 11.0 Å². The first-order valence-corrected chi connectivity index (χ1v) is 17.5. The van der Waals surface area contributed by atoms with Gasteiger partial charge in [0.05, 0.1) is 35.4 Å². The molecular weight excluding hydrogens is 648 g/mol. The van der Waals surface area contributed by atoms with Crippen molar-refractivity contribution in [2.24, 2.45) is 11.1 Å². The number of hydrogen-bond acceptors (Lipinski definition) is 11. The van der Waals surface area contributed by atoms with Gasteiger partial charge in [0.2, 0.25) is 0 Å². The number of nitrogens with one attached hydrogen (secondary N) is 1. The van der Waals surface area contributed by atoms with Gasteiger partial charge in [0.25, 0.3) is 5.69 Å². The van der Waals surface area contributed by atoms with Crippen LogP contribution in [0.25, 0.3) is 11.1 Å². The average molecular weight is 705 g/mol. The average Bonchev–Trinajstić information content (AvgIpc) is 3.43. The fourth-order valence-electron chi connectivity index (χ4n) is 7.19. The standard InChI is InChI=1S/C33H42N4O5.C5H12N2.CH2O/c1-7-36-30-11-10-23(24-13-22(14-25(34)19-38)15-26(16-24)37(39)40)17-28(30)29(18-33(3,4)20-41-5)32(36)27-9-8-12-35-31(27)21(2)42-6;1-7-5-3-2-4-6-7;1-2/h8-13,15-17,19,21,25,29,32H,7,14,18,20,34H2,1-6H3;6H,2-5H2,1H3;1H2. The van der Waals surface area contributed by atoms with E-state index in [4.69, 9.17) is 25.0 Å². The van der Waals surface area contributed by atoms with Crippen molar-refractivity contribution in [1.82, 2.24) is 15.4 Å². The number of hydrazine groups is 1. The maximum Gasteiger partial charge on any atom is 0.270 e. The highest BCUT2D eigenvalue weighted by Gasteiger charge is 2.43. The Morgan fingerprint density at radius 2 is 1.88 bits per heavy atom. The highest BCUT2D eigenvalue weighted by molar-refractivity contribution is 5.75. The number of benzene rings is 2. The molecule has 3 N–H and O–H groups in total. The third-order valence-corrected chi connectivity index (χ3v) is 9.50. The van der Waals surface area contributed by atoms with Gasteiger partial charge in [0.1, 0.15) is 13.1 Å². The number of nitro benzene ring substituents is 1. The van der Waals surface area contributed by atoms with Crippen molar-refractivity contribution in [3.8, 4) is 11.1 Å². The fraction of sp³-hybridized carbons (Fsp3) is 0.513. The Bertz CT molecular complexity index is 1580. The number of ether oxygens (including phenoxy) is 2. The molecule has 2 aliphatic heterocycles. The summed E-state index contributed by atoms with van der Waals surface area (Å²) in [6.07, 6.45) is 6.07. The summed E-state index contributed by atoms with van der Waals surface area (Å²) in [5.74, 6) is 0.0960. The van der Waals surface area contributed by atoms with Gasteiger partial charge in [0.15, 0.2) is 0 Å². The summed E-state index contributed by atoms with van der Waals surface area (Å²) in [5.41, 5.74) is 15.6. The van der Waals surface area contributed by atoms with E-state index in [2.05, 4.69) is 61.4 Å². The van der Waals surface area contributed by atoms with Crippen molar-refractivity contribution in [2.45, 2.75) is 77.5 Å². The topological polar surface area (TPSA) is 153 Å². The molecule has 1 fully saturated rings. The fourth-order valence-corrected chi connectivity index (χ4v) is 7.19. The number of fused-ring (bicyclic) bond motifs is 1. The molecule has 0 amide bonds. The zero-order chi connectivity index (χ0) is 37.7. The Balaban J connectivity index is 0.000000686. The molecule has 2 aliphatic rings. The van der Waals surface area contributed by atoms with Crippen molar-refractivity contribution >= 4 is 24.5 Å². The summed E-state index contributed by atoms with van der Waals surface area (Å²) in [4.78, 5) is 37.8. The van der Waals surface area contributed by atoms with Crippen LogP contribution in [0.2, 0.25) is 0 Å². The largest absolute Gasteiger partial charge is 0.384 e. The number of likely N-dealkylation sites (N-methyl/N-ethyl adjacent to an activating group) is 1. The number of aromatic nitrogens is 1. The summed E-state index contributed by atoms with van der Waals surface area (Å²) in [6.45, 7) is 14.4. The monoisotopic (exact) mass is 704 g/mol. The summed E-state index contributed by atoms with van der Waals surface area (Å²) in [5, 5.41) is 14.0. The smallest absolute Gasteiger partial charge is 0.270 e. The summed E-state index contributed by atoms with van der Waals surface area (Å²) in [7, 11) is 5.51. The van der Waals surface area contributed by atoms with Crippen molar-refractivity contribution in [2.75, 3.05) is 52.4 Å². The maximum absolute atomic E-state index is 11.8. The second-order valence-electron chi connectivity index (χ2n) is 14.0. The third kappa shape index (κ3) is 10.7. The van der Waals surface area contributed by atoms with E-state index >= 15 is 0 Å². The van der Waals surface area contributed by atoms with Crippen LogP contribution in [0, 0.1) is 15.5 Å². The molecule has 3 aromatic rings. The SMILES string of the molecule is C=O.CCN1c2ccc(-c3cc(CC(N)C=O)cc([N+](=O)[O-])c3)cc2C(CC(C)(C)COC)C1c1cccnc1C(C)OC.CN1CCCCN1. The van der Waals surface area contributed by atoms with E-state index in [0.29, 0.717) is 18.5 Å². The summed E-state index contributed by atoms with van der Waals surface area (Å²) in [6, 6.07) is 14.7. The lowest BCUT2D eigenvalue weighted by atomic mass is 9.76. The van der Waals surface area contributed by atoms with Gasteiger partial charge >= 0.3 is 0 Å². The first-order chi connectivity index (χ1) is 24.4. The molecule has 3 heterocycles. The molecule has 12 nitrogen and oxygen atoms in total. The summed E-state index contributed by atoms with van der Waals surface area (Å²) < 4.78 is 11.3.